The molecule has 0 amide bonds. The first-order valence-electron chi connectivity index (χ1n) is 17.2. The van der Waals surface area contributed by atoms with Gasteiger partial charge in [0.1, 0.15) is 5.82 Å². The Hall–Kier alpha value is -5.25. The van der Waals surface area contributed by atoms with Crippen LogP contribution >= 0.6 is 11.3 Å². The summed E-state index contributed by atoms with van der Waals surface area (Å²) in [5.41, 5.74) is 5.96. The number of benzene rings is 7. The van der Waals surface area contributed by atoms with Gasteiger partial charge in [-0.05, 0) is 74.6 Å². The Kier molecular flexibility index (Phi) is 4.64. The van der Waals surface area contributed by atoms with Crippen molar-refractivity contribution in [1.29, 1.82) is 0 Å². The fourth-order valence-electron chi connectivity index (χ4n) is 6.84. The molecular formula is C41H28N2S. The molecule has 2 heterocycles. The van der Waals surface area contributed by atoms with Crippen LogP contribution in [0.1, 0.15) is 19.5 Å². The highest BCUT2D eigenvalue weighted by atomic mass is 32.1. The molecule has 3 heteroatoms. The largest absolute Gasteiger partial charge is 0.296 e. The van der Waals surface area contributed by atoms with Crippen molar-refractivity contribution < 1.29 is 6.85 Å². The van der Waals surface area contributed by atoms with Gasteiger partial charge in [-0.2, -0.15) is 0 Å². The number of aromatic nitrogens is 2. The lowest BCUT2D eigenvalue weighted by Crippen LogP contribution is -2.03. The maximum Gasteiger partial charge on any atom is 0.114 e. The molecule has 44 heavy (non-hydrogen) atoms. The van der Waals surface area contributed by atoms with Gasteiger partial charge in [-0.15, -0.1) is 11.3 Å². The van der Waals surface area contributed by atoms with Gasteiger partial charge in [-0.3, -0.25) is 4.57 Å². The van der Waals surface area contributed by atoms with E-state index in [2.05, 4.69) is 83.8 Å². The van der Waals surface area contributed by atoms with E-state index in [1.54, 1.807) is 10.6 Å². The second-order valence-electron chi connectivity index (χ2n) is 11.1. The van der Waals surface area contributed by atoms with Gasteiger partial charge in [0.25, 0.3) is 0 Å². The van der Waals surface area contributed by atoms with Gasteiger partial charge in [0.05, 0.1) is 16.7 Å². The Balaban J connectivity index is 1.37. The lowest BCUT2D eigenvalue weighted by atomic mass is 9.85. The number of imidazole rings is 1. The molecule has 9 rings (SSSR count). The third-order valence-corrected chi connectivity index (χ3v) is 9.84. The fourth-order valence-corrected chi connectivity index (χ4v) is 7.93. The molecule has 9 aromatic rings. The first kappa shape index (κ1) is 20.6. The molecule has 0 spiro atoms. The van der Waals surface area contributed by atoms with E-state index >= 15 is 0 Å². The average molecular weight is 586 g/mol. The number of hydrogen-bond donors (Lipinski definition) is 0. The smallest absolute Gasteiger partial charge is 0.114 e. The van der Waals surface area contributed by atoms with Crippen molar-refractivity contribution in [3.63, 3.8) is 0 Å². The van der Waals surface area contributed by atoms with Gasteiger partial charge in [0.2, 0.25) is 0 Å². The highest BCUT2D eigenvalue weighted by Gasteiger charge is 2.21. The van der Waals surface area contributed by atoms with Gasteiger partial charge in [-0.25, -0.2) is 4.98 Å². The van der Waals surface area contributed by atoms with Crippen molar-refractivity contribution in [2.45, 2.75) is 13.2 Å². The molecule has 208 valence electrons. The highest BCUT2D eigenvalue weighted by Crippen LogP contribution is 2.46. The van der Waals surface area contributed by atoms with Crippen molar-refractivity contribution in [2.75, 3.05) is 0 Å². The van der Waals surface area contributed by atoms with Crippen LogP contribution in [0.2, 0.25) is 0 Å². The summed E-state index contributed by atoms with van der Waals surface area (Å²) in [6, 6.07) is 47.4. The normalized spacial score (nSPS) is 14.1. The van der Waals surface area contributed by atoms with E-state index in [4.69, 9.17) is 6.85 Å². The molecular weight excluding hydrogens is 553 g/mol. The van der Waals surface area contributed by atoms with Crippen LogP contribution in [0.15, 0.2) is 140 Å². The average Bonchev–Trinajstić information content (AvgIpc) is 3.69. The van der Waals surface area contributed by atoms with Crippen LogP contribution in [0, 0.1) is 0 Å². The molecule has 0 aliphatic rings. The van der Waals surface area contributed by atoms with Gasteiger partial charge < -0.3 is 0 Å². The molecule has 0 atom stereocenters. The predicted molar refractivity (Wildman–Crippen MR) is 189 cm³/mol. The molecule has 0 aliphatic carbocycles. The molecule has 0 bridgehead atoms. The molecule has 0 N–H and O–H groups in total. The second kappa shape index (κ2) is 9.90. The Morgan fingerprint density at radius 3 is 2.00 bits per heavy atom. The van der Waals surface area contributed by atoms with Crippen molar-refractivity contribution in [1.82, 2.24) is 9.55 Å². The molecule has 0 fully saturated rings. The highest BCUT2D eigenvalue weighted by molar-refractivity contribution is 7.25. The van der Waals surface area contributed by atoms with E-state index in [1.807, 2.05) is 65.9 Å². The van der Waals surface area contributed by atoms with Crippen LogP contribution in [0.5, 0.6) is 0 Å². The molecule has 2 nitrogen and oxygen atoms in total. The summed E-state index contributed by atoms with van der Waals surface area (Å²) in [6.07, 6.45) is -2.71. The van der Waals surface area contributed by atoms with Gasteiger partial charge in [0, 0.05) is 39.0 Å². The van der Waals surface area contributed by atoms with Gasteiger partial charge in [-0.1, -0.05) is 110 Å². The molecule has 0 aliphatic heterocycles. The van der Waals surface area contributed by atoms with Crippen molar-refractivity contribution >= 4 is 64.1 Å². The summed E-state index contributed by atoms with van der Waals surface area (Å²) in [4.78, 5) is 4.61. The minimum atomic E-state index is -2.93. The topological polar surface area (TPSA) is 17.8 Å². The monoisotopic (exact) mass is 585 g/mol. The van der Waals surface area contributed by atoms with Crippen LogP contribution < -0.4 is 0 Å². The zero-order chi connectivity index (χ0) is 33.5. The third-order valence-electron chi connectivity index (χ3n) is 8.68. The minimum absolute atomic E-state index is 0.150. The standard InChI is InChI=1S/C41H28N2S/c1-2-39-42-34-19-9-11-21-36(34)43(39)35-20-10-7-18-32(35)41-30-16-5-3-14-28(30)40(29-15-4-6-17-31(29)41)26-23-24-38-33(25-26)27-13-8-12-22-37(27)44-38/h3-25H,2H2,1H3/i1D3,2D2. The molecule has 0 radical (unpaired) electrons. The Morgan fingerprint density at radius 2 is 1.23 bits per heavy atom. The number of fused-ring (bicyclic) bond motifs is 6. The maximum atomic E-state index is 8.82. The van der Waals surface area contributed by atoms with E-state index in [1.165, 1.54) is 20.2 Å². The van der Waals surface area contributed by atoms with E-state index in [0.29, 0.717) is 16.7 Å². The number of para-hydroxylation sites is 3. The maximum absolute atomic E-state index is 8.82. The zero-order valence-corrected chi connectivity index (χ0v) is 24.4. The first-order chi connectivity index (χ1) is 23.7. The molecule has 0 saturated heterocycles. The fraction of sp³-hybridized carbons (Fsp3) is 0.0488. The van der Waals surface area contributed by atoms with Crippen LogP contribution in [0.25, 0.3) is 80.7 Å². The first-order valence-corrected chi connectivity index (χ1v) is 15.5. The zero-order valence-electron chi connectivity index (χ0n) is 28.6. The number of aryl methyl sites for hydroxylation is 1. The third kappa shape index (κ3) is 3.69. The van der Waals surface area contributed by atoms with E-state index in [0.717, 1.165) is 43.8 Å². The number of rotatable bonds is 4. The van der Waals surface area contributed by atoms with Gasteiger partial charge >= 0.3 is 0 Å². The van der Waals surface area contributed by atoms with Gasteiger partial charge in [0.15, 0.2) is 0 Å². The van der Waals surface area contributed by atoms with Crippen LogP contribution in [0.3, 0.4) is 0 Å². The number of nitrogens with zero attached hydrogens (tertiary/aromatic N) is 2. The molecule has 7 aromatic carbocycles. The quantitative estimate of drug-likeness (QED) is 0.188. The van der Waals surface area contributed by atoms with Crippen molar-refractivity contribution in [3.05, 3.63) is 145 Å². The van der Waals surface area contributed by atoms with Crippen LogP contribution in [-0.2, 0) is 6.37 Å². The van der Waals surface area contributed by atoms with Crippen molar-refractivity contribution in [3.8, 4) is 27.9 Å². The molecule has 2 aromatic heterocycles. The lowest BCUT2D eigenvalue weighted by Gasteiger charge is -2.20. The Bertz CT molecular complexity index is 2700. The summed E-state index contributed by atoms with van der Waals surface area (Å²) in [7, 11) is 0. The summed E-state index contributed by atoms with van der Waals surface area (Å²) < 4.78 is 46.3. The summed E-state index contributed by atoms with van der Waals surface area (Å²) in [5.74, 6) is -0.150. The van der Waals surface area contributed by atoms with Crippen molar-refractivity contribution in [2.24, 2.45) is 0 Å². The van der Waals surface area contributed by atoms with E-state index in [-0.39, 0.29) is 5.82 Å². The van der Waals surface area contributed by atoms with E-state index in [9.17, 15) is 0 Å². The van der Waals surface area contributed by atoms with Crippen LogP contribution in [0.4, 0.5) is 0 Å². The summed E-state index contributed by atoms with van der Waals surface area (Å²) in [6.45, 7) is -2.93. The Morgan fingerprint density at radius 1 is 0.614 bits per heavy atom. The van der Waals surface area contributed by atoms with Crippen LogP contribution in [-0.4, -0.2) is 9.55 Å². The molecule has 0 saturated carbocycles. The SMILES string of the molecule is [2H]C([2H])([2H])C([2H])([2H])c1nc2ccccc2n1-c1ccccc1-c1c2ccccc2c(-c2ccc3sc4ccccc4c3c2)c2ccccc12. The number of thiophene rings is 1. The lowest BCUT2D eigenvalue weighted by molar-refractivity contribution is 0.909. The van der Waals surface area contributed by atoms with E-state index < -0.39 is 13.2 Å². The summed E-state index contributed by atoms with van der Waals surface area (Å²) in [5, 5.41) is 6.77. The summed E-state index contributed by atoms with van der Waals surface area (Å²) >= 11 is 1.81. The Labute approximate surface area is 266 Å². The molecule has 0 unspecified atom stereocenters. The predicted octanol–water partition coefficient (Wildman–Crippen LogP) is 11.6. The minimum Gasteiger partial charge on any atom is -0.296 e. The number of hydrogen-bond acceptors (Lipinski definition) is 2. The second-order valence-corrected chi connectivity index (χ2v) is 12.1.